The summed E-state index contributed by atoms with van der Waals surface area (Å²) >= 11 is 0. The molecular weight excluding hydrogens is 396 g/mol. The van der Waals surface area contributed by atoms with Gasteiger partial charge in [0.05, 0.1) is 18.7 Å². The summed E-state index contributed by atoms with van der Waals surface area (Å²) in [7, 11) is 1.36. The van der Waals surface area contributed by atoms with E-state index in [1.54, 1.807) is 18.2 Å². The number of anilines is 1. The Morgan fingerprint density at radius 2 is 1.87 bits per heavy atom. The summed E-state index contributed by atoms with van der Waals surface area (Å²) in [5.74, 6) is -1.41. The molecule has 0 saturated carbocycles. The molecule has 1 amide bonds. The number of carboxylic acids is 1. The van der Waals surface area contributed by atoms with Crippen molar-refractivity contribution in [1.29, 1.82) is 0 Å². The maximum atomic E-state index is 12.4. The van der Waals surface area contributed by atoms with E-state index in [2.05, 4.69) is 22.8 Å². The van der Waals surface area contributed by atoms with Crippen LogP contribution in [0.3, 0.4) is 0 Å². The molecule has 1 aliphatic carbocycles. The van der Waals surface area contributed by atoms with Gasteiger partial charge in [-0.25, -0.2) is 4.79 Å². The predicted octanol–water partition coefficient (Wildman–Crippen LogP) is 2.17. The summed E-state index contributed by atoms with van der Waals surface area (Å²) in [4.78, 5) is 34.7. The number of fused-ring (bicyclic) bond motifs is 3. The van der Waals surface area contributed by atoms with Crippen LogP contribution < -0.4 is 15.7 Å². The van der Waals surface area contributed by atoms with Gasteiger partial charge in [0.1, 0.15) is 0 Å². The van der Waals surface area contributed by atoms with Crippen molar-refractivity contribution in [3.8, 4) is 0 Å². The monoisotopic (exact) mass is 419 g/mol. The van der Waals surface area contributed by atoms with Crippen molar-refractivity contribution in [3.63, 3.8) is 0 Å². The lowest BCUT2D eigenvalue weighted by atomic mass is 9.76. The molecule has 0 radical (unpaired) electrons. The van der Waals surface area contributed by atoms with E-state index >= 15 is 0 Å². The van der Waals surface area contributed by atoms with Gasteiger partial charge in [0, 0.05) is 36.1 Å². The number of aliphatic carboxylic acids is 1. The van der Waals surface area contributed by atoms with E-state index in [1.807, 2.05) is 24.3 Å². The van der Waals surface area contributed by atoms with E-state index in [1.165, 1.54) is 7.11 Å². The van der Waals surface area contributed by atoms with Gasteiger partial charge < -0.3 is 25.3 Å². The summed E-state index contributed by atoms with van der Waals surface area (Å²) in [5, 5.41) is 16.8. The molecule has 160 valence electrons. The largest absolute Gasteiger partial charge is 0.550 e. The highest BCUT2D eigenvalue weighted by Gasteiger charge is 2.38. The fourth-order valence-corrected chi connectivity index (χ4v) is 4.39. The molecule has 2 N–H and O–H groups in total. The molecule has 0 bridgehead atoms. The average molecular weight is 419 g/mol. The Balaban J connectivity index is 1.57. The van der Waals surface area contributed by atoms with E-state index in [9.17, 15) is 19.5 Å². The standard InChI is InChI=1S/C24H24N2O5/c1-31-24(30)15-7-5-14(6-8-15)22-18-4-2-3-17(18)19-13-16(9-10-20(19)26-22)23(29)25-12-11-21(27)28/h2-3,5-10,13,17-18,22,26H,4,11-12H2,1H3,(H,25,29)(H,27,28)/p-1/t17-,18+,22-/m0/s1. The van der Waals surface area contributed by atoms with Gasteiger partial charge in [0.25, 0.3) is 5.91 Å². The zero-order chi connectivity index (χ0) is 22.0. The average Bonchev–Trinajstić information content (AvgIpc) is 3.28. The number of allylic oxidation sites excluding steroid dienone is 2. The molecule has 2 aromatic carbocycles. The number of amides is 1. The molecule has 7 nitrogen and oxygen atoms in total. The Labute approximate surface area is 180 Å². The van der Waals surface area contributed by atoms with Gasteiger partial charge in [-0.2, -0.15) is 0 Å². The molecule has 2 aromatic rings. The smallest absolute Gasteiger partial charge is 0.337 e. The zero-order valence-corrected chi connectivity index (χ0v) is 17.1. The van der Waals surface area contributed by atoms with Gasteiger partial charge >= 0.3 is 5.97 Å². The zero-order valence-electron chi connectivity index (χ0n) is 17.1. The first kappa shape index (κ1) is 20.7. The first-order valence-corrected chi connectivity index (χ1v) is 10.2. The van der Waals surface area contributed by atoms with Crippen LogP contribution in [0.25, 0.3) is 0 Å². The lowest BCUT2D eigenvalue weighted by Crippen LogP contribution is -2.32. The number of methoxy groups -OCH3 is 1. The van der Waals surface area contributed by atoms with E-state index in [0.717, 1.165) is 23.2 Å². The van der Waals surface area contributed by atoms with Crippen LogP contribution in [-0.4, -0.2) is 31.5 Å². The molecule has 0 fully saturated rings. The van der Waals surface area contributed by atoms with Crippen LogP contribution in [-0.2, 0) is 9.53 Å². The molecule has 2 aliphatic rings. The number of carbonyl (C=O) groups excluding carboxylic acids is 3. The molecular formula is C24H23N2O5-. The molecule has 7 heteroatoms. The van der Waals surface area contributed by atoms with Gasteiger partial charge in [-0.05, 0) is 53.8 Å². The quantitative estimate of drug-likeness (QED) is 0.549. The summed E-state index contributed by atoms with van der Waals surface area (Å²) in [5.41, 5.74) is 4.10. The minimum absolute atomic E-state index is 0.0338. The summed E-state index contributed by atoms with van der Waals surface area (Å²) in [6.07, 6.45) is 5.02. The van der Waals surface area contributed by atoms with Crippen molar-refractivity contribution in [2.45, 2.75) is 24.8 Å². The van der Waals surface area contributed by atoms with E-state index in [0.29, 0.717) is 11.1 Å². The Morgan fingerprint density at radius 1 is 1.13 bits per heavy atom. The lowest BCUT2D eigenvalue weighted by molar-refractivity contribution is -0.305. The van der Waals surface area contributed by atoms with Crippen LogP contribution in [0.4, 0.5) is 5.69 Å². The maximum Gasteiger partial charge on any atom is 0.337 e. The van der Waals surface area contributed by atoms with Gasteiger partial charge in [-0.15, -0.1) is 0 Å². The third-order valence-corrected chi connectivity index (χ3v) is 5.93. The van der Waals surface area contributed by atoms with Gasteiger partial charge in [0.15, 0.2) is 0 Å². The summed E-state index contributed by atoms with van der Waals surface area (Å²) < 4.78 is 4.77. The number of nitrogens with one attached hydrogen (secondary N) is 2. The Hall–Kier alpha value is -3.61. The number of hydrogen-bond donors (Lipinski definition) is 2. The summed E-state index contributed by atoms with van der Waals surface area (Å²) in [6.45, 7) is 0.0338. The van der Waals surface area contributed by atoms with Crippen LogP contribution in [0.15, 0.2) is 54.6 Å². The van der Waals surface area contributed by atoms with Crippen molar-refractivity contribution in [3.05, 3.63) is 76.9 Å². The number of carboxylic acid groups (broad SMARTS) is 1. The molecule has 0 saturated heterocycles. The Bertz CT molecular complexity index is 1040. The molecule has 0 spiro atoms. The van der Waals surface area contributed by atoms with Crippen LogP contribution in [0.1, 0.15) is 56.6 Å². The fourth-order valence-electron chi connectivity index (χ4n) is 4.39. The van der Waals surface area contributed by atoms with Gasteiger partial charge in [-0.3, -0.25) is 4.79 Å². The highest BCUT2D eigenvalue weighted by atomic mass is 16.5. The molecule has 4 rings (SSSR count). The second kappa shape index (κ2) is 8.63. The van der Waals surface area contributed by atoms with E-state index in [4.69, 9.17) is 4.74 Å². The van der Waals surface area contributed by atoms with Gasteiger partial charge in [-0.1, -0.05) is 24.3 Å². The second-order valence-corrected chi connectivity index (χ2v) is 7.77. The number of benzene rings is 2. The normalized spacial score (nSPS) is 20.9. The summed E-state index contributed by atoms with van der Waals surface area (Å²) in [6, 6.07) is 13.0. The predicted molar refractivity (Wildman–Crippen MR) is 113 cm³/mol. The van der Waals surface area contributed by atoms with E-state index in [-0.39, 0.29) is 42.7 Å². The van der Waals surface area contributed by atoms with Crippen LogP contribution >= 0.6 is 0 Å². The number of ether oxygens (including phenoxy) is 1. The molecule has 0 aromatic heterocycles. The fraction of sp³-hybridized carbons (Fsp3) is 0.292. The van der Waals surface area contributed by atoms with Crippen LogP contribution in [0.5, 0.6) is 0 Å². The first-order chi connectivity index (χ1) is 15.0. The minimum Gasteiger partial charge on any atom is -0.550 e. The van der Waals surface area contributed by atoms with Crippen molar-refractivity contribution in [2.75, 3.05) is 19.0 Å². The number of rotatable bonds is 6. The lowest BCUT2D eigenvalue weighted by Gasteiger charge is -2.37. The Morgan fingerprint density at radius 3 is 2.58 bits per heavy atom. The SMILES string of the molecule is COC(=O)c1ccc([C@@H]2Nc3ccc(C(=O)NCCC(=O)[O-])cc3[C@H]3C=CC[C@H]32)cc1. The van der Waals surface area contributed by atoms with Crippen LogP contribution in [0, 0.1) is 5.92 Å². The second-order valence-electron chi connectivity index (χ2n) is 7.77. The molecule has 3 atom stereocenters. The number of carbonyl (C=O) groups is 3. The first-order valence-electron chi connectivity index (χ1n) is 10.2. The third-order valence-electron chi connectivity index (χ3n) is 5.93. The topological polar surface area (TPSA) is 108 Å². The minimum atomic E-state index is -1.19. The van der Waals surface area contributed by atoms with Crippen molar-refractivity contribution < 1.29 is 24.2 Å². The van der Waals surface area contributed by atoms with E-state index < -0.39 is 5.97 Å². The number of esters is 1. The molecule has 31 heavy (non-hydrogen) atoms. The molecule has 0 unspecified atom stereocenters. The number of hydrogen-bond acceptors (Lipinski definition) is 6. The van der Waals surface area contributed by atoms with Crippen molar-refractivity contribution >= 4 is 23.5 Å². The highest BCUT2D eigenvalue weighted by Crippen LogP contribution is 2.49. The molecule has 1 heterocycles. The molecule has 1 aliphatic heterocycles. The van der Waals surface area contributed by atoms with Crippen molar-refractivity contribution in [1.82, 2.24) is 5.32 Å². The van der Waals surface area contributed by atoms with Gasteiger partial charge in [0.2, 0.25) is 0 Å². The Kier molecular flexibility index (Phi) is 5.75. The maximum absolute atomic E-state index is 12.4. The van der Waals surface area contributed by atoms with Crippen molar-refractivity contribution in [2.24, 2.45) is 5.92 Å². The highest BCUT2D eigenvalue weighted by molar-refractivity contribution is 5.95. The third kappa shape index (κ3) is 4.17. The van der Waals surface area contributed by atoms with Crippen LogP contribution in [0.2, 0.25) is 0 Å².